The van der Waals surface area contributed by atoms with Crippen LogP contribution < -0.4 is 5.32 Å². The highest BCUT2D eigenvalue weighted by molar-refractivity contribution is 7.80. The zero-order valence-electron chi connectivity index (χ0n) is 17.3. The maximum Gasteiger partial charge on any atom is 0.307 e. The quantitative estimate of drug-likeness (QED) is 0.127. The number of rotatable bonds is 19. The predicted molar refractivity (Wildman–Crippen MR) is 112 cm³/mol. The lowest BCUT2D eigenvalue weighted by Crippen LogP contribution is -2.41. The first-order valence-electron chi connectivity index (χ1n) is 9.90. The van der Waals surface area contributed by atoms with Crippen LogP contribution in [0.15, 0.2) is 12.2 Å². The van der Waals surface area contributed by atoms with E-state index in [1.807, 2.05) is 0 Å². The van der Waals surface area contributed by atoms with Crippen molar-refractivity contribution in [3.8, 4) is 0 Å². The van der Waals surface area contributed by atoms with E-state index in [0.29, 0.717) is 52.7 Å². The fraction of sp³-hybridized carbons (Fsp3) is 0.684. The van der Waals surface area contributed by atoms with Crippen molar-refractivity contribution in [1.82, 2.24) is 10.2 Å². The summed E-state index contributed by atoms with van der Waals surface area (Å²) in [7, 11) is 0. The Labute approximate surface area is 186 Å². The first-order valence-corrected chi connectivity index (χ1v) is 10.5. The topological polar surface area (TPSA) is 141 Å². The Hall–Kier alpha value is -1.99. The Morgan fingerprint density at radius 3 is 1.87 bits per heavy atom. The Kier molecular flexibility index (Phi) is 14.5. The molecule has 1 aliphatic heterocycles. The number of carboxylic acids is 1. The van der Waals surface area contributed by atoms with Crippen LogP contribution in [-0.4, -0.2) is 105 Å². The number of carbonyl (C=O) groups excluding carboxylic acids is 3. The highest BCUT2D eigenvalue weighted by atomic mass is 32.1. The molecule has 176 valence electrons. The van der Waals surface area contributed by atoms with Gasteiger partial charge in [0.2, 0.25) is 5.91 Å². The first kappa shape index (κ1) is 27.0. The highest BCUT2D eigenvalue weighted by Gasteiger charge is 2.25. The van der Waals surface area contributed by atoms with Crippen LogP contribution in [0.2, 0.25) is 0 Å². The number of carboxylic acid groups (broad SMARTS) is 1. The van der Waals surface area contributed by atoms with Crippen LogP contribution in [0.4, 0.5) is 0 Å². The molecule has 1 aliphatic rings. The van der Waals surface area contributed by atoms with Gasteiger partial charge in [0, 0.05) is 31.1 Å². The fourth-order valence-electron chi connectivity index (χ4n) is 2.33. The molecule has 0 saturated carbocycles. The minimum absolute atomic E-state index is 0.257. The van der Waals surface area contributed by atoms with Gasteiger partial charge < -0.3 is 29.4 Å². The molecule has 1 rings (SSSR count). The SMILES string of the molecule is O=C(CN1C(=O)C=CC1=O)NCCOCCOCCOCCOCCC(CS)C(=O)O. The largest absolute Gasteiger partial charge is 0.481 e. The summed E-state index contributed by atoms with van der Waals surface area (Å²) >= 11 is 3.99. The summed E-state index contributed by atoms with van der Waals surface area (Å²) in [6, 6.07) is 0. The molecular formula is C19H30N2O9S. The number of nitrogens with one attached hydrogen (secondary N) is 1. The molecule has 2 N–H and O–H groups in total. The van der Waals surface area contributed by atoms with Gasteiger partial charge in [-0.2, -0.15) is 12.6 Å². The summed E-state index contributed by atoms with van der Waals surface area (Å²) in [5.41, 5.74) is 0. The lowest BCUT2D eigenvalue weighted by Gasteiger charge is -2.13. The first-order chi connectivity index (χ1) is 15.0. The molecule has 0 aromatic heterocycles. The number of hydrogen-bond donors (Lipinski definition) is 3. The summed E-state index contributed by atoms with van der Waals surface area (Å²) in [5, 5.41) is 11.4. The lowest BCUT2D eigenvalue weighted by molar-refractivity contribution is -0.142. The van der Waals surface area contributed by atoms with E-state index in [2.05, 4.69) is 17.9 Å². The number of aliphatic carboxylic acids is 1. The van der Waals surface area contributed by atoms with Gasteiger partial charge in [0.15, 0.2) is 0 Å². The summed E-state index contributed by atoms with van der Waals surface area (Å²) in [4.78, 5) is 46.0. The van der Waals surface area contributed by atoms with Gasteiger partial charge in [0.25, 0.3) is 11.8 Å². The molecule has 0 aliphatic carbocycles. The molecule has 1 unspecified atom stereocenters. The third-order valence-corrected chi connectivity index (χ3v) is 4.51. The molecule has 0 aromatic carbocycles. The van der Waals surface area contributed by atoms with Crippen LogP contribution in [0.5, 0.6) is 0 Å². The molecule has 0 aromatic rings. The maximum absolute atomic E-state index is 11.7. The molecule has 1 atom stereocenters. The normalized spacial score (nSPS) is 14.3. The number of ether oxygens (including phenoxy) is 4. The molecule has 31 heavy (non-hydrogen) atoms. The van der Waals surface area contributed by atoms with Crippen LogP contribution in [-0.2, 0) is 38.1 Å². The van der Waals surface area contributed by atoms with Gasteiger partial charge in [-0.3, -0.25) is 24.1 Å². The van der Waals surface area contributed by atoms with Gasteiger partial charge in [0.1, 0.15) is 6.54 Å². The second-order valence-electron chi connectivity index (χ2n) is 6.40. The van der Waals surface area contributed by atoms with E-state index in [4.69, 9.17) is 24.1 Å². The van der Waals surface area contributed by atoms with Gasteiger partial charge in [-0.25, -0.2) is 0 Å². The zero-order valence-corrected chi connectivity index (χ0v) is 18.2. The Balaban J connectivity index is 1.81. The number of amides is 3. The van der Waals surface area contributed by atoms with E-state index in [-0.39, 0.29) is 25.4 Å². The van der Waals surface area contributed by atoms with E-state index >= 15 is 0 Å². The molecule has 0 fully saturated rings. The highest BCUT2D eigenvalue weighted by Crippen LogP contribution is 2.05. The summed E-state index contributed by atoms with van der Waals surface area (Å²) in [6.45, 7) is 2.86. The Morgan fingerprint density at radius 1 is 0.903 bits per heavy atom. The van der Waals surface area contributed by atoms with Gasteiger partial charge >= 0.3 is 5.97 Å². The molecule has 0 saturated heterocycles. The Morgan fingerprint density at radius 2 is 1.39 bits per heavy atom. The number of hydrogen-bond acceptors (Lipinski definition) is 9. The molecule has 0 radical (unpaired) electrons. The van der Waals surface area contributed by atoms with Crippen molar-refractivity contribution < 1.29 is 43.2 Å². The standard InChI is InChI=1S/C19H30N2O9S/c22-16(13-21-17(23)1-2-18(21)24)20-4-6-28-8-10-30-12-11-29-9-7-27-5-3-15(14-31)19(25)26/h1-2,15,31H,3-14H2,(H,20,22)(H,25,26). The second-order valence-corrected chi connectivity index (χ2v) is 6.77. The lowest BCUT2D eigenvalue weighted by atomic mass is 10.1. The van der Waals surface area contributed by atoms with E-state index in [1.165, 1.54) is 0 Å². The van der Waals surface area contributed by atoms with Crippen molar-refractivity contribution in [2.75, 3.05) is 71.7 Å². The molecule has 3 amide bonds. The maximum atomic E-state index is 11.7. The van der Waals surface area contributed by atoms with Crippen LogP contribution in [0.25, 0.3) is 0 Å². The summed E-state index contributed by atoms with van der Waals surface area (Å²) in [5.74, 6) is -2.51. The second kappa shape index (κ2) is 16.7. The Bertz CT molecular complexity index is 597. The van der Waals surface area contributed by atoms with Crippen molar-refractivity contribution in [3.05, 3.63) is 12.2 Å². The third kappa shape index (κ3) is 12.5. The van der Waals surface area contributed by atoms with E-state index in [1.54, 1.807) is 0 Å². The predicted octanol–water partition coefficient (Wildman–Crippen LogP) is -0.885. The van der Waals surface area contributed by atoms with Crippen molar-refractivity contribution in [2.24, 2.45) is 5.92 Å². The van der Waals surface area contributed by atoms with E-state index < -0.39 is 29.6 Å². The number of nitrogens with zero attached hydrogens (tertiary/aromatic N) is 1. The van der Waals surface area contributed by atoms with Gasteiger partial charge in [0.05, 0.1) is 52.2 Å². The summed E-state index contributed by atoms with van der Waals surface area (Å²) in [6.07, 6.45) is 2.67. The fourth-order valence-corrected chi connectivity index (χ4v) is 2.67. The average Bonchev–Trinajstić information content (AvgIpc) is 3.05. The van der Waals surface area contributed by atoms with Crippen molar-refractivity contribution >= 4 is 36.3 Å². The monoisotopic (exact) mass is 462 g/mol. The molecule has 11 nitrogen and oxygen atoms in total. The molecule has 0 spiro atoms. The van der Waals surface area contributed by atoms with Crippen molar-refractivity contribution in [3.63, 3.8) is 0 Å². The molecular weight excluding hydrogens is 432 g/mol. The number of carbonyl (C=O) groups is 4. The number of thiol groups is 1. The van der Waals surface area contributed by atoms with Crippen molar-refractivity contribution in [2.45, 2.75) is 6.42 Å². The van der Waals surface area contributed by atoms with E-state index in [0.717, 1.165) is 17.1 Å². The van der Waals surface area contributed by atoms with Crippen LogP contribution in [0.1, 0.15) is 6.42 Å². The molecule has 1 heterocycles. The number of imide groups is 1. The third-order valence-electron chi connectivity index (χ3n) is 4.07. The molecule has 0 bridgehead atoms. The van der Waals surface area contributed by atoms with Crippen molar-refractivity contribution in [1.29, 1.82) is 0 Å². The smallest absolute Gasteiger partial charge is 0.307 e. The van der Waals surface area contributed by atoms with Gasteiger partial charge in [-0.05, 0) is 6.42 Å². The van der Waals surface area contributed by atoms with E-state index in [9.17, 15) is 19.2 Å². The summed E-state index contributed by atoms with van der Waals surface area (Å²) < 4.78 is 21.3. The van der Waals surface area contributed by atoms with Crippen LogP contribution >= 0.6 is 12.6 Å². The molecule has 12 heteroatoms. The van der Waals surface area contributed by atoms with Crippen LogP contribution in [0, 0.1) is 5.92 Å². The van der Waals surface area contributed by atoms with Gasteiger partial charge in [-0.15, -0.1) is 0 Å². The minimum atomic E-state index is -0.869. The zero-order chi connectivity index (χ0) is 22.9. The minimum Gasteiger partial charge on any atom is -0.481 e. The van der Waals surface area contributed by atoms with Gasteiger partial charge in [-0.1, -0.05) is 0 Å². The average molecular weight is 463 g/mol. The van der Waals surface area contributed by atoms with Crippen LogP contribution in [0.3, 0.4) is 0 Å².